The maximum atomic E-state index is 14.2. The molecule has 1 fully saturated rings. The minimum absolute atomic E-state index is 0.00514. The third-order valence-electron chi connectivity index (χ3n) is 8.39. The molecule has 2 atom stereocenters. The average Bonchev–Trinajstić information content (AvgIpc) is 3.53. The first-order valence-electron chi connectivity index (χ1n) is 15.6. The van der Waals surface area contributed by atoms with Gasteiger partial charge in [-0.2, -0.15) is 0 Å². The lowest BCUT2D eigenvalue weighted by Crippen LogP contribution is -2.53. The van der Waals surface area contributed by atoms with Crippen LogP contribution in [0.4, 0.5) is 16.2 Å². The molecule has 11 heteroatoms. The summed E-state index contributed by atoms with van der Waals surface area (Å²) < 4.78 is 18.0. The monoisotopic (exact) mass is 679 g/mol. The molecule has 0 bridgehead atoms. The zero-order valence-corrected chi connectivity index (χ0v) is 27.3. The Morgan fingerprint density at radius 3 is 2.33 bits per heavy atom. The lowest BCUT2D eigenvalue weighted by Gasteiger charge is -2.28. The summed E-state index contributed by atoms with van der Waals surface area (Å²) in [6.45, 7) is 0.404. The highest BCUT2D eigenvalue weighted by atomic mass is 35.5. The van der Waals surface area contributed by atoms with Gasteiger partial charge in [-0.25, -0.2) is 9.59 Å². The minimum Gasteiger partial charge on any atom is -0.495 e. The summed E-state index contributed by atoms with van der Waals surface area (Å²) in [7, 11) is 1.48. The Balaban J connectivity index is 1.18. The third kappa shape index (κ3) is 7.94. The van der Waals surface area contributed by atoms with Gasteiger partial charge in [0.15, 0.2) is 5.78 Å². The topological polar surface area (TPSA) is 135 Å². The van der Waals surface area contributed by atoms with E-state index in [1.165, 1.54) is 19.2 Å². The molecule has 10 nitrogen and oxygen atoms in total. The first kappa shape index (κ1) is 33.3. The number of fused-ring (bicyclic) bond motifs is 1. The molecule has 1 saturated heterocycles. The van der Waals surface area contributed by atoms with Crippen molar-refractivity contribution in [1.29, 1.82) is 0 Å². The molecule has 1 aliphatic heterocycles. The highest BCUT2D eigenvalue weighted by Crippen LogP contribution is 2.31. The Hall–Kier alpha value is -5.58. The van der Waals surface area contributed by atoms with Crippen molar-refractivity contribution in [2.75, 3.05) is 30.9 Å². The molecule has 0 spiro atoms. The Morgan fingerprint density at radius 1 is 0.857 bits per heavy atom. The number of carboxylic acids is 1. The van der Waals surface area contributed by atoms with E-state index < -0.39 is 17.5 Å². The molecular weight excluding hydrogens is 646 g/mol. The van der Waals surface area contributed by atoms with Crippen molar-refractivity contribution < 1.29 is 33.7 Å². The first-order valence-corrected chi connectivity index (χ1v) is 16.0. The van der Waals surface area contributed by atoms with Crippen molar-refractivity contribution in [3.63, 3.8) is 0 Å². The fraction of sp³-hybridized carbons (Fsp3) is 0.184. The summed E-state index contributed by atoms with van der Waals surface area (Å²) in [6, 6.07) is 31.5. The van der Waals surface area contributed by atoms with Gasteiger partial charge in [0.2, 0.25) is 0 Å². The fourth-order valence-corrected chi connectivity index (χ4v) is 5.99. The summed E-state index contributed by atoms with van der Waals surface area (Å²) in [5.41, 5.74) is 0.569. The Bertz CT molecular complexity index is 2000. The number of urea groups is 1. The first-order chi connectivity index (χ1) is 23.7. The molecule has 49 heavy (non-hydrogen) atoms. The van der Waals surface area contributed by atoms with Crippen LogP contribution >= 0.6 is 11.6 Å². The number of anilines is 2. The zero-order valence-electron chi connectivity index (χ0n) is 26.6. The number of hydrogen-bond acceptors (Lipinski definition) is 7. The number of Topliss-reactive ketones (excluding diaryl/α,β-unsaturated/α-hetero) is 1. The van der Waals surface area contributed by atoms with E-state index in [9.17, 15) is 19.5 Å². The maximum absolute atomic E-state index is 14.2. The smallest absolute Gasteiger partial charge is 0.335 e. The van der Waals surface area contributed by atoms with Crippen molar-refractivity contribution in [3.8, 4) is 17.2 Å². The van der Waals surface area contributed by atoms with Gasteiger partial charge in [0.05, 0.1) is 29.1 Å². The van der Waals surface area contributed by atoms with Gasteiger partial charge in [0.1, 0.15) is 35.5 Å². The van der Waals surface area contributed by atoms with E-state index in [2.05, 4.69) is 16.0 Å². The molecule has 1 heterocycles. The summed E-state index contributed by atoms with van der Waals surface area (Å²) in [4.78, 5) is 38.2. The van der Waals surface area contributed by atoms with Gasteiger partial charge < -0.3 is 30.0 Å². The summed E-state index contributed by atoms with van der Waals surface area (Å²) in [6.07, 6.45) is 0.0606. The molecule has 1 aliphatic rings. The van der Waals surface area contributed by atoms with Gasteiger partial charge >= 0.3 is 12.0 Å². The Morgan fingerprint density at radius 2 is 1.57 bits per heavy atom. The molecule has 4 N–H and O–H groups in total. The molecule has 0 radical (unpaired) electrons. The number of carbonyl (C=O) groups is 3. The zero-order chi connectivity index (χ0) is 34.4. The second-order valence-electron chi connectivity index (χ2n) is 11.7. The predicted octanol–water partition coefficient (Wildman–Crippen LogP) is 7.21. The van der Waals surface area contributed by atoms with Crippen molar-refractivity contribution >= 4 is 51.5 Å². The van der Waals surface area contributed by atoms with Gasteiger partial charge in [-0.15, -0.1) is 0 Å². The molecular formula is C38H34ClN3O7. The molecule has 5 aromatic rings. The number of ketones is 1. The van der Waals surface area contributed by atoms with Crippen LogP contribution in [0.5, 0.6) is 17.2 Å². The summed E-state index contributed by atoms with van der Waals surface area (Å²) >= 11 is 6.17. The van der Waals surface area contributed by atoms with E-state index in [0.29, 0.717) is 52.2 Å². The second kappa shape index (κ2) is 14.7. The van der Waals surface area contributed by atoms with E-state index in [0.717, 1.165) is 10.8 Å². The van der Waals surface area contributed by atoms with Gasteiger partial charge in [-0.1, -0.05) is 60.1 Å². The summed E-state index contributed by atoms with van der Waals surface area (Å²) in [5.74, 6) is 0.344. The van der Waals surface area contributed by atoms with Crippen LogP contribution in [0.3, 0.4) is 0 Å². The molecule has 0 aromatic heterocycles. The molecule has 2 amide bonds. The van der Waals surface area contributed by atoms with Crippen molar-refractivity contribution in [3.05, 3.63) is 125 Å². The number of carbonyl (C=O) groups excluding carboxylic acids is 2. The quantitative estimate of drug-likeness (QED) is 0.109. The molecule has 250 valence electrons. The number of ether oxygens (including phenoxy) is 3. The number of nitrogens with one attached hydrogen (secondary N) is 3. The Labute approximate surface area is 288 Å². The number of aromatic carboxylic acids is 1. The highest BCUT2D eigenvalue weighted by molar-refractivity contribution is 6.33. The van der Waals surface area contributed by atoms with Crippen LogP contribution in [0.1, 0.15) is 22.3 Å². The molecule has 6 rings (SSSR count). The predicted molar refractivity (Wildman–Crippen MR) is 188 cm³/mol. The number of hydrogen-bond donors (Lipinski definition) is 4. The number of para-hydroxylation sites is 1. The molecule has 0 saturated carbocycles. The van der Waals surface area contributed by atoms with E-state index >= 15 is 0 Å². The molecule has 0 unspecified atom stereocenters. The minimum atomic E-state index is -1.11. The summed E-state index contributed by atoms with van der Waals surface area (Å²) in [5, 5.41) is 20.7. The molecule has 0 aliphatic carbocycles. The second-order valence-corrected chi connectivity index (χ2v) is 12.1. The normalized spacial score (nSPS) is 16.9. The van der Waals surface area contributed by atoms with Crippen molar-refractivity contribution in [2.24, 2.45) is 0 Å². The number of benzene rings is 5. The van der Waals surface area contributed by atoms with Crippen LogP contribution < -0.4 is 30.2 Å². The number of rotatable bonds is 12. The highest BCUT2D eigenvalue weighted by Gasteiger charge is 2.46. The third-order valence-corrected chi connectivity index (χ3v) is 8.72. The Kier molecular flexibility index (Phi) is 9.98. The van der Waals surface area contributed by atoms with Gasteiger partial charge in [0, 0.05) is 19.4 Å². The average molecular weight is 680 g/mol. The standard InChI is InChI=1S/C38H34ClN3O7/c1-47-34-18-24(10-17-33(34)42-37(46)41-32-9-5-4-8-31(32)39)19-35(43)38(23-48-28-14-12-26(13-15-28)36(44)45)21-30(22-40-38)49-29-16-11-25-6-2-3-7-27(25)20-29/h2-18,20,30,40H,19,21-23H2,1H3,(H,44,45)(H2,41,42,46)/t30-,38-/m0/s1. The van der Waals surface area contributed by atoms with Crippen molar-refractivity contribution in [1.82, 2.24) is 5.32 Å². The largest absolute Gasteiger partial charge is 0.495 e. The van der Waals surface area contributed by atoms with E-state index in [-0.39, 0.29) is 30.5 Å². The van der Waals surface area contributed by atoms with Gasteiger partial charge in [-0.05, 0) is 77.0 Å². The van der Waals surface area contributed by atoms with Crippen LogP contribution in [0.25, 0.3) is 10.8 Å². The van der Waals surface area contributed by atoms with Crippen LogP contribution in [-0.4, -0.2) is 54.8 Å². The van der Waals surface area contributed by atoms with E-state index in [1.807, 2.05) is 42.5 Å². The number of halogens is 1. The van der Waals surface area contributed by atoms with Crippen LogP contribution in [0.2, 0.25) is 5.02 Å². The SMILES string of the molecule is COc1cc(CC(=O)[C@@]2(COc3ccc(C(=O)O)cc3)C[C@H](Oc3ccc4ccccc4c3)CN2)ccc1NC(=O)Nc1ccccc1Cl. The lowest BCUT2D eigenvalue weighted by atomic mass is 9.88. The van der Waals surface area contributed by atoms with E-state index in [1.54, 1.807) is 54.6 Å². The fourth-order valence-electron chi connectivity index (χ4n) is 5.80. The number of methoxy groups -OCH3 is 1. The lowest BCUT2D eigenvalue weighted by molar-refractivity contribution is -0.125. The number of carboxylic acid groups (broad SMARTS) is 1. The molecule has 5 aromatic carbocycles. The number of amides is 2. The van der Waals surface area contributed by atoms with E-state index in [4.69, 9.17) is 25.8 Å². The van der Waals surface area contributed by atoms with Crippen molar-refractivity contribution in [2.45, 2.75) is 24.5 Å². The van der Waals surface area contributed by atoms with Crippen LogP contribution in [-0.2, 0) is 11.2 Å². The van der Waals surface area contributed by atoms with Gasteiger partial charge in [0.25, 0.3) is 0 Å². The van der Waals surface area contributed by atoms with Gasteiger partial charge in [-0.3, -0.25) is 10.1 Å². The maximum Gasteiger partial charge on any atom is 0.335 e. The van der Waals surface area contributed by atoms with Crippen LogP contribution in [0.15, 0.2) is 109 Å². The van der Waals surface area contributed by atoms with Crippen LogP contribution in [0, 0.1) is 0 Å².